The molecule has 3 heterocycles. The van der Waals surface area contributed by atoms with Gasteiger partial charge in [0.25, 0.3) is 5.91 Å². The summed E-state index contributed by atoms with van der Waals surface area (Å²) in [5, 5.41) is 3.08. The van der Waals surface area contributed by atoms with Gasteiger partial charge in [0.1, 0.15) is 0 Å². The molecule has 178 valence electrons. The Morgan fingerprint density at radius 3 is 2.85 bits per heavy atom. The molecule has 0 bridgehead atoms. The topological polar surface area (TPSA) is 83.7 Å². The number of carbonyl (C=O) groups is 2. The highest BCUT2D eigenvalue weighted by Gasteiger charge is 2.51. The Morgan fingerprint density at radius 2 is 2.15 bits per heavy atom. The van der Waals surface area contributed by atoms with Gasteiger partial charge in [0.15, 0.2) is 0 Å². The smallest absolute Gasteiger partial charge is 0.340 e. The number of morpholine rings is 1. The van der Waals surface area contributed by atoms with Crippen molar-refractivity contribution < 1.29 is 19.1 Å². The van der Waals surface area contributed by atoms with Crippen molar-refractivity contribution in [1.82, 2.24) is 4.98 Å². The number of aryl methyl sites for hydroxylation is 1. The van der Waals surface area contributed by atoms with Gasteiger partial charge < -0.3 is 24.7 Å². The lowest BCUT2D eigenvalue weighted by atomic mass is 9.64. The first-order valence-corrected chi connectivity index (χ1v) is 12.4. The summed E-state index contributed by atoms with van der Waals surface area (Å²) in [7, 11) is 0. The van der Waals surface area contributed by atoms with E-state index >= 15 is 0 Å². The van der Waals surface area contributed by atoms with E-state index in [-0.39, 0.29) is 23.3 Å². The van der Waals surface area contributed by atoms with Gasteiger partial charge in [0.05, 0.1) is 31.0 Å². The quantitative estimate of drug-likeness (QED) is 0.523. The Morgan fingerprint density at radius 1 is 1.32 bits per heavy atom. The minimum absolute atomic E-state index is 0.0653. The molecule has 34 heavy (non-hydrogen) atoms. The molecule has 1 saturated heterocycles. The van der Waals surface area contributed by atoms with Crippen molar-refractivity contribution >= 4 is 34.4 Å². The number of benzene rings is 1. The SMILES string of the molecule is CCOC(=O)c1c(C)[nH]c2c1C1(CCC1)C/C2=C1/C(=O)Nc2ccc(N3CCOC[C@@H]3C)cc21. The van der Waals surface area contributed by atoms with Crippen LogP contribution in [0.15, 0.2) is 18.2 Å². The standard InChI is InChI=1S/C27H31N3O4/c1-4-34-26(32)21-16(3)28-24-19(13-27(23(21)24)8-5-9-27)22-18-12-17(6-7-20(18)29-25(22)31)30-10-11-33-14-15(30)2/h6-7,12,15,28H,4-5,8-11,13-14H2,1-3H3,(H,29,31)/b22-19-/t15-/m0/s1. The van der Waals surface area contributed by atoms with Gasteiger partial charge >= 0.3 is 5.97 Å². The highest BCUT2D eigenvalue weighted by molar-refractivity contribution is 6.37. The highest BCUT2D eigenvalue weighted by Crippen LogP contribution is 2.60. The van der Waals surface area contributed by atoms with Crippen molar-refractivity contribution in [1.29, 1.82) is 0 Å². The van der Waals surface area contributed by atoms with Crippen LogP contribution in [0.4, 0.5) is 11.4 Å². The number of carbonyl (C=O) groups excluding carboxylic acids is 2. The molecule has 1 atom stereocenters. The summed E-state index contributed by atoms with van der Waals surface area (Å²) >= 11 is 0. The summed E-state index contributed by atoms with van der Waals surface area (Å²) in [4.78, 5) is 32.1. The summed E-state index contributed by atoms with van der Waals surface area (Å²) < 4.78 is 11.0. The zero-order valence-corrected chi connectivity index (χ0v) is 20.0. The van der Waals surface area contributed by atoms with E-state index in [1.165, 1.54) is 0 Å². The first-order valence-electron chi connectivity index (χ1n) is 12.4. The number of amides is 1. The van der Waals surface area contributed by atoms with Crippen LogP contribution in [0.25, 0.3) is 11.1 Å². The van der Waals surface area contributed by atoms with Gasteiger partial charge in [-0.05, 0) is 69.4 Å². The van der Waals surface area contributed by atoms with Crippen LogP contribution in [0.3, 0.4) is 0 Å². The Labute approximate surface area is 199 Å². The van der Waals surface area contributed by atoms with Crippen LogP contribution in [-0.4, -0.2) is 49.3 Å². The van der Waals surface area contributed by atoms with Crippen LogP contribution in [-0.2, 0) is 19.7 Å². The molecule has 4 aliphatic rings. The van der Waals surface area contributed by atoms with Gasteiger partial charge in [-0.1, -0.05) is 6.42 Å². The number of aromatic amines is 1. The number of allylic oxidation sites excluding steroid dienone is 1. The molecule has 7 nitrogen and oxygen atoms in total. The lowest BCUT2D eigenvalue weighted by Gasteiger charge is -2.39. The van der Waals surface area contributed by atoms with E-state index in [0.29, 0.717) is 25.4 Å². The van der Waals surface area contributed by atoms with Crippen LogP contribution in [0, 0.1) is 6.92 Å². The summed E-state index contributed by atoms with van der Waals surface area (Å²) in [5.74, 6) is -0.334. The van der Waals surface area contributed by atoms with Crippen LogP contribution in [0.5, 0.6) is 0 Å². The molecular weight excluding hydrogens is 430 g/mol. The molecule has 1 saturated carbocycles. The van der Waals surface area contributed by atoms with E-state index < -0.39 is 0 Å². The fourth-order valence-corrected chi connectivity index (χ4v) is 6.34. The zero-order chi connectivity index (χ0) is 23.6. The van der Waals surface area contributed by atoms with Gasteiger partial charge in [0.2, 0.25) is 0 Å². The Kier molecular flexibility index (Phi) is 4.88. The zero-order valence-electron chi connectivity index (χ0n) is 20.0. The number of rotatable bonds is 3. The highest BCUT2D eigenvalue weighted by atomic mass is 16.5. The first-order chi connectivity index (χ1) is 16.4. The minimum atomic E-state index is -0.269. The second-order valence-electron chi connectivity index (χ2n) is 10.1. The largest absolute Gasteiger partial charge is 0.462 e. The van der Waals surface area contributed by atoms with Crippen molar-refractivity contribution in [3.8, 4) is 0 Å². The number of hydrogen-bond donors (Lipinski definition) is 2. The fourth-order valence-electron chi connectivity index (χ4n) is 6.34. The molecule has 7 heteroatoms. The molecule has 2 fully saturated rings. The average Bonchev–Trinajstić information content (AvgIpc) is 3.40. The van der Waals surface area contributed by atoms with E-state index in [1.807, 2.05) is 19.9 Å². The fraction of sp³-hybridized carbons (Fsp3) is 0.481. The van der Waals surface area contributed by atoms with Gasteiger partial charge in [-0.3, -0.25) is 4.79 Å². The number of nitrogens with zero attached hydrogens (tertiary/aromatic N) is 1. The molecule has 2 aliphatic heterocycles. The predicted octanol–water partition coefficient (Wildman–Crippen LogP) is 4.41. The summed E-state index contributed by atoms with van der Waals surface area (Å²) in [6.45, 7) is 8.51. The third-order valence-electron chi connectivity index (χ3n) is 8.07. The number of H-pyrrole nitrogens is 1. The maximum Gasteiger partial charge on any atom is 0.340 e. The van der Waals surface area contributed by atoms with Crippen LogP contribution >= 0.6 is 0 Å². The third kappa shape index (κ3) is 2.99. The van der Waals surface area contributed by atoms with E-state index in [9.17, 15) is 9.59 Å². The summed E-state index contributed by atoms with van der Waals surface area (Å²) in [5.41, 5.74) is 8.09. The molecule has 0 unspecified atom stereocenters. The Bertz CT molecular complexity index is 1240. The predicted molar refractivity (Wildman–Crippen MR) is 131 cm³/mol. The number of nitrogens with one attached hydrogen (secondary N) is 2. The second kappa shape index (κ2) is 7.73. The number of ether oxygens (including phenoxy) is 2. The van der Waals surface area contributed by atoms with E-state index in [2.05, 4.69) is 34.3 Å². The van der Waals surface area contributed by atoms with E-state index in [1.54, 1.807) is 0 Å². The molecule has 1 amide bonds. The molecular formula is C27H31N3O4. The summed E-state index contributed by atoms with van der Waals surface area (Å²) in [6.07, 6.45) is 3.97. The number of anilines is 2. The van der Waals surface area contributed by atoms with Crippen molar-refractivity contribution in [2.24, 2.45) is 0 Å². The van der Waals surface area contributed by atoms with E-state index in [4.69, 9.17) is 9.47 Å². The summed E-state index contributed by atoms with van der Waals surface area (Å²) in [6, 6.07) is 6.52. The van der Waals surface area contributed by atoms with Crippen molar-refractivity contribution in [3.63, 3.8) is 0 Å². The van der Waals surface area contributed by atoms with Crippen molar-refractivity contribution in [2.75, 3.05) is 36.6 Å². The molecule has 2 N–H and O–H groups in total. The lowest BCUT2D eigenvalue weighted by molar-refractivity contribution is -0.110. The third-order valence-corrected chi connectivity index (χ3v) is 8.07. The number of esters is 1. The minimum Gasteiger partial charge on any atom is -0.462 e. The van der Waals surface area contributed by atoms with Gasteiger partial charge in [-0.2, -0.15) is 0 Å². The maximum absolute atomic E-state index is 13.3. The molecule has 1 aromatic heterocycles. The second-order valence-corrected chi connectivity index (χ2v) is 10.1. The lowest BCUT2D eigenvalue weighted by Crippen LogP contribution is -2.43. The monoisotopic (exact) mass is 461 g/mol. The van der Waals surface area contributed by atoms with Crippen LogP contribution in [0.1, 0.15) is 72.4 Å². The number of fused-ring (bicyclic) bond motifs is 3. The Hall–Kier alpha value is -3.06. The first kappa shape index (κ1) is 21.5. The van der Waals surface area contributed by atoms with Crippen LogP contribution < -0.4 is 10.2 Å². The van der Waals surface area contributed by atoms with Gasteiger partial charge in [0, 0.05) is 46.3 Å². The molecule has 2 aliphatic carbocycles. The van der Waals surface area contributed by atoms with Crippen molar-refractivity contribution in [3.05, 3.63) is 46.3 Å². The Balaban J connectivity index is 1.50. The van der Waals surface area contributed by atoms with Gasteiger partial charge in [-0.25, -0.2) is 4.79 Å². The average molecular weight is 462 g/mol. The number of aromatic nitrogens is 1. The van der Waals surface area contributed by atoms with Gasteiger partial charge in [-0.15, -0.1) is 0 Å². The maximum atomic E-state index is 13.3. The molecule has 2 aromatic rings. The molecule has 1 spiro atoms. The van der Waals surface area contributed by atoms with Crippen molar-refractivity contribution in [2.45, 2.75) is 57.9 Å². The molecule has 6 rings (SSSR count). The van der Waals surface area contributed by atoms with Crippen LogP contribution in [0.2, 0.25) is 0 Å². The normalized spacial score (nSPS) is 24.6. The van der Waals surface area contributed by atoms with E-state index in [0.717, 1.165) is 77.3 Å². The molecule has 1 aromatic carbocycles. The molecule has 0 radical (unpaired) electrons. The number of hydrogen-bond acceptors (Lipinski definition) is 5.